The molecule has 1 aliphatic rings. The van der Waals surface area contributed by atoms with Gasteiger partial charge in [-0.25, -0.2) is 0 Å². The Bertz CT molecular complexity index is 479. The van der Waals surface area contributed by atoms with E-state index in [1.807, 2.05) is 7.05 Å². The minimum atomic E-state index is 0.129. The van der Waals surface area contributed by atoms with Gasteiger partial charge in [0.2, 0.25) is 5.95 Å². The second kappa shape index (κ2) is 5.44. The van der Waals surface area contributed by atoms with Crippen molar-refractivity contribution >= 4 is 17.6 Å². The van der Waals surface area contributed by atoms with Gasteiger partial charge in [-0.2, -0.15) is 9.97 Å². The summed E-state index contributed by atoms with van der Waals surface area (Å²) in [4.78, 5) is 10.8. The Kier molecular flexibility index (Phi) is 4.04. The van der Waals surface area contributed by atoms with Gasteiger partial charge in [0.25, 0.3) is 0 Å². The van der Waals surface area contributed by atoms with Gasteiger partial charge in [0.15, 0.2) is 0 Å². The summed E-state index contributed by atoms with van der Waals surface area (Å²) >= 11 is 0. The number of rotatable bonds is 3. The number of hydrogen-bond acceptors (Lipinski definition) is 6. The van der Waals surface area contributed by atoms with E-state index in [0.717, 1.165) is 37.3 Å². The number of nitrogen functional groups attached to an aromatic ring is 2. The lowest BCUT2D eigenvalue weighted by Crippen LogP contribution is -2.31. The van der Waals surface area contributed by atoms with Crippen LogP contribution in [-0.2, 0) is 6.42 Å². The van der Waals surface area contributed by atoms with Crippen LogP contribution in [0.15, 0.2) is 0 Å². The number of nitrogens with one attached hydrogen (secondary N) is 1. The molecule has 6 nitrogen and oxygen atoms in total. The molecule has 1 aliphatic heterocycles. The maximum atomic E-state index is 6.09. The van der Waals surface area contributed by atoms with Crippen molar-refractivity contribution in [3.63, 3.8) is 0 Å². The van der Waals surface area contributed by atoms with Crippen molar-refractivity contribution in [3.8, 4) is 0 Å². The molecule has 0 bridgehead atoms. The first kappa shape index (κ1) is 14.8. The summed E-state index contributed by atoms with van der Waals surface area (Å²) in [6.07, 6.45) is 1.95. The molecule has 0 spiro atoms. The van der Waals surface area contributed by atoms with Crippen molar-refractivity contribution in [2.75, 3.05) is 36.5 Å². The number of hydrogen-bond donors (Lipinski definition) is 3. The Labute approximate surface area is 121 Å². The average Bonchev–Trinajstić information content (AvgIpc) is 2.79. The highest BCUT2D eigenvalue weighted by Crippen LogP contribution is 2.32. The third-order valence-electron chi connectivity index (χ3n) is 3.64. The number of anilines is 3. The zero-order chi connectivity index (χ0) is 14.9. The zero-order valence-electron chi connectivity index (χ0n) is 12.9. The van der Waals surface area contributed by atoms with E-state index in [2.05, 4.69) is 41.0 Å². The van der Waals surface area contributed by atoms with Crippen LogP contribution in [0.5, 0.6) is 0 Å². The van der Waals surface area contributed by atoms with Gasteiger partial charge in [0.05, 0.1) is 0 Å². The van der Waals surface area contributed by atoms with Crippen molar-refractivity contribution in [1.29, 1.82) is 0 Å². The third-order valence-corrected chi connectivity index (χ3v) is 3.64. The second-order valence-electron chi connectivity index (χ2n) is 6.73. The van der Waals surface area contributed by atoms with Crippen LogP contribution in [0.2, 0.25) is 0 Å². The standard InChI is InChI=1S/C14H26N6/c1-14(2,3)7-10-11(15)18-13(16)19-12(10)20-6-5-9(8-20)17-4/h9,17H,5-8H2,1-4H3,(H4,15,16,18,19). The maximum absolute atomic E-state index is 6.09. The Morgan fingerprint density at radius 3 is 2.55 bits per heavy atom. The normalized spacial score (nSPS) is 19.6. The molecular weight excluding hydrogens is 252 g/mol. The number of nitrogens with zero attached hydrogens (tertiary/aromatic N) is 3. The molecule has 0 amide bonds. The van der Waals surface area contributed by atoms with E-state index in [0.29, 0.717) is 11.9 Å². The maximum Gasteiger partial charge on any atom is 0.223 e. The smallest absolute Gasteiger partial charge is 0.223 e. The predicted molar refractivity (Wildman–Crippen MR) is 83.7 cm³/mol. The first-order valence-corrected chi connectivity index (χ1v) is 7.14. The highest BCUT2D eigenvalue weighted by molar-refractivity contribution is 5.60. The van der Waals surface area contributed by atoms with Crippen molar-refractivity contribution < 1.29 is 0 Å². The Balaban J connectivity index is 2.35. The first-order chi connectivity index (χ1) is 9.30. The van der Waals surface area contributed by atoms with Crippen LogP contribution < -0.4 is 21.7 Å². The molecule has 0 saturated carbocycles. The largest absolute Gasteiger partial charge is 0.383 e. The lowest BCUT2D eigenvalue weighted by Gasteiger charge is -2.25. The quantitative estimate of drug-likeness (QED) is 0.764. The zero-order valence-corrected chi connectivity index (χ0v) is 12.9. The van der Waals surface area contributed by atoms with Crippen LogP contribution in [0.25, 0.3) is 0 Å². The molecule has 112 valence electrons. The van der Waals surface area contributed by atoms with Crippen LogP contribution in [0.1, 0.15) is 32.8 Å². The van der Waals surface area contributed by atoms with Crippen molar-refractivity contribution in [3.05, 3.63) is 5.56 Å². The summed E-state index contributed by atoms with van der Waals surface area (Å²) in [5, 5.41) is 3.31. The Morgan fingerprint density at radius 1 is 1.30 bits per heavy atom. The van der Waals surface area contributed by atoms with Gasteiger partial charge in [-0.1, -0.05) is 20.8 Å². The van der Waals surface area contributed by atoms with E-state index in [4.69, 9.17) is 11.5 Å². The van der Waals surface area contributed by atoms with E-state index in [9.17, 15) is 0 Å². The fraction of sp³-hybridized carbons (Fsp3) is 0.714. The summed E-state index contributed by atoms with van der Waals surface area (Å²) in [5.74, 6) is 1.67. The van der Waals surface area contributed by atoms with E-state index in [1.54, 1.807) is 0 Å². The molecular formula is C14H26N6. The first-order valence-electron chi connectivity index (χ1n) is 7.14. The predicted octanol–water partition coefficient (Wildman–Crippen LogP) is 1.03. The molecule has 2 rings (SSSR count). The molecule has 1 aromatic rings. The summed E-state index contributed by atoms with van der Waals surface area (Å²) in [6.45, 7) is 8.47. The highest BCUT2D eigenvalue weighted by Gasteiger charge is 2.27. The molecule has 5 N–H and O–H groups in total. The lowest BCUT2D eigenvalue weighted by molar-refractivity contribution is 0.411. The van der Waals surface area contributed by atoms with Crippen LogP contribution in [0.3, 0.4) is 0 Å². The van der Waals surface area contributed by atoms with Crippen molar-refractivity contribution in [2.24, 2.45) is 5.41 Å². The SMILES string of the molecule is CNC1CCN(c2nc(N)nc(N)c2CC(C)(C)C)C1. The fourth-order valence-corrected chi connectivity index (χ4v) is 2.66. The summed E-state index contributed by atoms with van der Waals surface area (Å²) < 4.78 is 0. The summed E-state index contributed by atoms with van der Waals surface area (Å²) in [6, 6.07) is 0.495. The van der Waals surface area contributed by atoms with Crippen LogP contribution in [0.4, 0.5) is 17.6 Å². The molecule has 1 fully saturated rings. The Morgan fingerprint density at radius 2 is 2.00 bits per heavy atom. The molecule has 0 aliphatic carbocycles. The van der Waals surface area contributed by atoms with Gasteiger partial charge >= 0.3 is 0 Å². The van der Waals surface area contributed by atoms with E-state index in [-0.39, 0.29) is 11.4 Å². The molecule has 6 heteroatoms. The monoisotopic (exact) mass is 278 g/mol. The van der Waals surface area contributed by atoms with Gasteiger partial charge < -0.3 is 21.7 Å². The van der Waals surface area contributed by atoms with E-state index in [1.165, 1.54) is 0 Å². The van der Waals surface area contributed by atoms with Crippen molar-refractivity contribution in [1.82, 2.24) is 15.3 Å². The molecule has 0 aromatic carbocycles. The molecule has 0 radical (unpaired) electrons. The van der Waals surface area contributed by atoms with Gasteiger partial charge in [-0.15, -0.1) is 0 Å². The summed E-state index contributed by atoms with van der Waals surface area (Å²) in [7, 11) is 1.99. The van der Waals surface area contributed by atoms with E-state index >= 15 is 0 Å². The number of nitrogens with two attached hydrogens (primary N) is 2. The Hall–Kier alpha value is -1.56. The average molecular weight is 278 g/mol. The van der Waals surface area contributed by atoms with Crippen molar-refractivity contribution in [2.45, 2.75) is 39.7 Å². The fourth-order valence-electron chi connectivity index (χ4n) is 2.66. The van der Waals surface area contributed by atoms with Crippen LogP contribution >= 0.6 is 0 Å². The molecule has 1 aromatic heterocycles. The molecule has 1 unspecified atom stereocenters. The lowest BCUT2D eigenvalue weighted by atomic mass is 9.88. The van der Waals surface area contributed by atoms with Crippen LogP contribution in [0, 0.1) is 5.41 Å². The van der Waals surface area contributed by atoms with E-state index < -0.39 is 0 Å². The van der Waals surface area contributed by atoms with Gasteiger partial charge in [-0.05, 0) is 25.3 Å². The van der Waals surface area contributed by atoms with Crippen LogP contribution in [-0.4, -0.2) is 36.1 Å². The third kappa shape index (κ3) is 3.30. The number of aromatic nitrogens is 2. The molecule has 20 heavy (non-hydrogen) atoms. The van der Waals surface area contributed by atoms with Gasteiger partial charge in [0, 0.05) is 24.7 Å². The second-order valence-corrected chi connectivity index (χ2v) is 6.73. The molecule has 2 heterocycles. The number of likely N-dealkylation sites (N-methyl/N-ethyl adjacent to an activating group) is 1. The van der Waals surface area contributed by atoms with Gasteiger partial charge in [0.1, 0.15) is 11.6 Å². The van der Waals surface area contributed by atoms with Gasteiger partial charge in [-0.3, -0.25) is 0 Å². The molecule has 1 atom stereocenters. The summed E-state index contributed by atoms with van der Waals surface area (Å²) in [5.41, 5.74) is 13.0. The minimum Gasteiger partial charge on any atom is -0.383 e. The topological polar surface area (TPSA) is 93.1 Å². The minimum absolute atomic E-state index is 0.129. The molecule has 1 saturated heterocycles. The highest BCUT2D eigenvalue weighted by atomic mass is 15.3.